The zero-order valence-corrected chi connectivity index (χ0v) is 18.9. The Morgan fingerprint density at radius 2 is 1.97 bits per heavy atom. The maximum Gasteiger partial charge on any atom is 0.272 e. The lowest BCUT2D eigenvalue weighted by molar-refractivity contribution is -0.121. The number of halogens is 1. The molecular formula is C26H24FN5O3. The number of nitrogens with one attached hydrogen (secondary N) is 3. The Balaban J connectivity index is 1.32. The summed E-state index contributed by atoms with van der Waals surface area (Å²) in [6, 6.07) is 11.5. The highest BCUT2D eigenvalue weighted by Crippen LogP contribution is 2.29. The van der Waals surface area contributed by atoms with Crippen LogP contribution in [0.5, 0.6) is 0 Å². The first-order valence-electron chi connectivity index (χ1n) is 11.5. The van der Waals surface area contributed by atoms with Crippen molar-refractivity contribution in [3.63, 3.8) is 0 Å². The van der Waals surface area contributed by atoms with Crippen molar-refractivity contribution in [2.75, 3.05) is 13.1 Å². The van der Waals surface area contributed by atoms with Crippen molar-refractivity contribution >= 4 is 28.3 Å². The van der Waals surface area contributed by atoms with E-state index >= 15 is 0 Å². The molecule has 1 aromatic heterocycles. The van der Waals surface area contributed by atoms with E-state index in [4.69, 9.17) is 5.41 Å². The van der Waals surface area contributed by atoms with Crippen LogP contribution in [0, 0.1) is 17.1 Å². The number of amides is 2. The third-order valence-electron chi connectivity index (χ3n) is 6.42. The number of carbonyl (C=O) groups is 2. The molecule has 8 nitrogen and oxygen atoms in total. The number of nitrogens with zero attached hydrogens (tertiary/aromatic N) is 2. The summed E-state index contributed by atoms with van der Waals surface area (Å²) < 4.78 is 14.7. The first-order chi connectivity index (χ1) is 16.9. The average Bonchev–Trinajstić information content (AvgIpc) is 3.71. The van der Waals surface area contributed by atoms with Crippen LogP contribution in [-0.4, -0.2) is 45.7 Å². The molecule has 0 bridgehead atoms. The van der Waals surface area contributed by atoms with E-state index in [0.717, 1.165) is 12.8 Å². The van der Waals surface area contributed by atoms with E-state index < -0.39 is 11.7 Å². The number of hydrogen-bond donors (Lipinski definition) is 3. The highest BCUT2D eigenvalue weighted by Gasteiger charge is 2.30. The predicted molar refractivity (Wildman–Crippen MR) is 129 cm³/mol. The van der Waals surface area contributed by atoms with Crippen molar-refractivity contribution < 1.29 is 14.0 Å². The summed E-state index contributed by atoms with van der Waals surface area (Å²) in [5.41, 5.74) is 1.84. The molecule has 1 saturated heterocycles. The molecule has 5 rings (SSSR count). The molecule has 1 saturated carbocycles. The number of hydrogen-bond acceptors (Lipinski definition) is 5. The highest BCUT2D eigenvalue weighted by atomic mass is 19.1. The fourth-order valence-corrected chi connectivity index (χ4v) is 4.25. The Kier molecular flexibility index (Phi) is 5.98. The smallest absolute Gasteiger partial charge is 0.272 e. The lowest BCUT2D eigenvalue weighted by atomic mass is 9.99. The van der Waals surface area contributed by atoms with E-state index in [0.29, 0.717) is 47.0 Å². The van der Waals surface area contributed by atoms with Gasteiger partial charge < -0.3 is 15.6 Å². The van der Waals surface area contributed by atoms with Crippen molar-refractivity contribution in [1.29, 1.82) is 5.41 Å². The molecule has 2 aromatic carbocycles. The van der Waals surface area contributed by atoms with Crippen LogP contribution in [0.15, 0.2) is 59.0 Å². The quantitative estimate of drug-likeness (QED) is 0.528. The molecule has 1 aliphatic carbocycles. The van der Waals surface area contributed by atoms with Crippen LogP contribution in [-0.2, 0) is 11.2 Å². The highest BCUT2D eigenvalue weighted by molar-refractivity contribution is 6.04. The average molecular weight is 474 g/mol. The molecule has 0 atom stereocenters. The molecule has 3 aromatic rings. The molecule has 0 spiro atoms. The van der Waals surface area contributed by atoms with Crippen molar-refractivity contribution in [3.05, 3.63) is 87.2 Å². The van der Waals surface area contributed by atoms with Gasteiger partial charge in [-0.3, -0.25) is 14.4 Å². The summed E-state index contributed by atoms with van der Waals surface area (Å²) >= 11 is 0. The molecule has 0 unspecified atom stereocenters. The van der Waals surface area contributed by atoms with E-state index in [1.54, 1.807) is 30.5 Å². The Morgan fingerprint density at radius 3 is 2.71 bits per heavy atom. The lowest BCUT2D eigenvalue weighted by Gasteiger charge is -2.29. The summed E-state index contributed by atoms with van der Waals surface area (Å²) in [4.78, 5) is 38.5. The Hall–Kier alpha value is -4.14. The second-order valence-corrected chi connectivity index (χ2v) is 8.94. The Bertz CT molecular complexity index is 1440. The molecule has 2 heterocycles. The fourth-order valence-electron chi connectivity index (χ4n) is 4.25. The van der Waals surface area contributed by atoms with Gasteiger partial charge in [-0.25, -0.2) is 9.49 Å². The summed E-state index contributed by atoms with van der Waals surface area (Å²) in [6.07, 6.45) is 4.07. The van der Waals surface area contributed by atoms with Gasteiger partial charge in [0.15, 0.2) is 0 Å². The van der Waals surface area contributed by atoms with E-state index in [1.165, 1.54) is 17.0 Å². The Labute approximate surface area is 200 Å². The fraction of sp³-hybridized carbons (Fsp3) is 0.269. The summed E-state index contributed by atoms with van der Waals surface area (Å²) in [6.45, 7) is 0.363. The number of aromatic amines is 1. The molecule has 2 aliphatic rings. The van der Waals surface area contributed by atoms with Gasteiger partial charge in [0.1, 0.15) is 5.82 Å². The van der Waals surface area contributed by atoms with Crippen LogP contribution in [0.3, 0.4) is 0 Å². The number of carbonyl (C=O) groups excluding carboxylic acids is 2. The van der Waals surface area contributed by atoms with E-state index in [-0.39, 0.29) is 35.2 Å². The van der Waals surface area contributed by atoms with E-state index in [2.05, 4.69) is 15.5 Å². The van der Waals surface area contributed by atoms with Crippen LogP contribution < -0.4 is 10.9 Å². The normalized spacial score (nSPS) is 17.1. The van der Waals surface area contributed by atoms with Crippen molar-refractivity contribution in [3.8, 4) is 0 Å². The van der Waals surface area contributed by atoms with Gasteiger partial charge in [0, 0.05) is 30.5 Å². The van der Waals surface area contributed by atoms with Gasteiger partial charge >= 0.3 is 0 Å². The monoisotopic (exact) mass is 473 g/mol. The molecule has 35 heavy (non-hydrogen) atoms. The largest absolute Gasteiger partial charge is 0.332 e. The van der Waals surface area contributed by atoms with Crippen LogP contribution in [0.4, 0.5) is 4.39 Å². The van der Waals surface area contributed by atoms with Crippen molar-refractivity contribution in [1.82, 2.24) is 20.4 Å². The van der Waals surface area contributed by atoms with Crippen LogP contribution in [0.25, 0.3) is 10.8 Å². The van der Waals surface area contributed by atoms with Crippen LogP contribution in [0.1, 0.15) is 40.9 Å². The van der Waals surface area contributed by atoms with Crippen molar-refractivity contribution in [2.45, 2.75) is 25.7 Å². The molecule has 2 amide bonds. The predicted octanol–water partition coefficient (Wildman–Crippen LogP) is 2.93. The maximum absolute atomic E-state index is 14.7. The second-order valence-electron chi connectivity index (χ2n) is 8.94. The molecule has 9 heteroatoms. The van der Waals surface area contributed by atoms with Gasteiger partial charge in [-0.05, 0) is 48.6 Å². The summed E-state index contributed by atoms with van der Waals surface area (Å²) in [7, 11) is 0. The number of benzene rings is 2. The number of fused-ring (bicyclic) bond motifs is 1. The topological polar surface area (TPSA) is 119 Å². The molecule has 1 aliphatic heterocycles. The maximum atomic E-state index is 14.7. The number of H-pyrrole nitrogens is 1. The number of likely N-dealkylation sites (tertiary alicyclic amines) is 1. The number of rotatable bonds is 5. The summed E-state index contributed by atoms with van der Waals surface area (Å²) in [5, 5.41) is 18.9. The minimum Gasteiger partial charge on any atom is -0.332 e. The first-order valence-corrected chi connectivity index (χ1v) is 11.5. The van der Waals surface area contributed by atoms with Gasteiger partial charge in [-0.1, -0.05) is 24.3 Å². The number of piperidine rings is 1. The number of aromatic nitrogens is 2. The lowest BCUT2D eigenvalue weighted by Crippen LogP contribution is -2.41. The van der Waals surface area contributed by atoms with Gasteiger partial charge in [0.25, 0.3) is 11.5 Å². The zero-order valence-electron chi connectivity index (χ0n) is 18.9. The molecule has 178 valence electrons. The first kappa shape index (κ1) is 22.6. The molecule has 3 N–H and O–H groups in total. The molecule has 0 radical (unpaired) electrons. The minimum absolute atomic E-state index is 0.0348. The van der Waals surface area contributed by atoms with Gasteiger partial charge in [-0.2, -0.15) is 5.10 Å². The SMILES string of the molecule is N=C1CN(C(=O)c2cc(Cc3n[nH]c(=O)c4ccccc34)ccc2F)CC/C1=C/NC(=O)C1CC1. The summed E-state index contributed by atoms with van der Waals surface area (Å²) in [5.74, 6) is -1.09. The van der Waals surface area contributed by atoms with Gasteiger partial charge in [0.2, 0.25) is 5.91 Å². The zero-order chi connectivity index (χ0) is 24.5. The second kappa shape index (κ2) is 9.25. The van der Waals surface area contributed by atoms with Gasteiger partial charge in [-0.15, -0.1) is 0 Å². The third-order valence-corrected chi connectivity index (χ3v) is 6.42. The van der Waals surface area contributed by atoms with Gasteiger partial charge in [0.05, 0.1) is 28.9 Å². The standard InChI is InChI=1S/C26H24FN5O3/c27-21-8-5-15(12-23-18-3-1-2-4-19(18)25(34)31-30-23)11-20(21)26(35)32-10-9-17(22(28)14-32)13-29-24(33)16-6-7-16/h1-5,8,11,13,16,28H,6-7,9-10,12,14H2,(H,29,33)(H,31,34)/b17-13-,28-22?. The Morgan fingerprint density at radius 1 is 1.20 bits per heavy atom. The minimum atomic E-state index is -0.636. The van der Waals surface area contributed by atoms with E-state index in [9.17, 15) is 18.8 Å². The molecular weight excluding hydrogens is 449 g/mol. The third kappa shape index (κ3) is 4.75. The molecule has 2 fully saturated rings. The van der Waals surface area contributed by atoms with Crippen molar-refractivity contribution in [2.24, 2.45) is 5.92 Å². The van der Waals surface area contributed by atoms with E-state index in [1.807, 2.05) is 6.07 Å². The van der Waals surface area contributed by atoms with Crippen LogP contribution in [0.2, 0.25) is 0 Å². The van der Waals surface area contributed by atoms with Crippen LogP contribution >= 0.6 is 0 Å².